The topological polar surface area (TPSA) is 44.3 Å². The largest absolute Gasteiger partial charge is 0.363 e. The van der Waals surface area contributed by atoms with Gasteiger partial charge in [-0.3, -0.25) is 0 Å². The Bertz CT molecular complexity index is 593. The second-order valence-electron chi connectivity index (χ2n) is 5.83. The van der Waals surface area contributed by atoms with Crippen molar-refractivity contribution >= 4 is 11.6 Å². The Labute approximate surface area is 132 Å². The Morgan fingerprint density at radius 2 is 1.77 bits per heavy atom. The van der Waals surface area contributed by atoms with E-state index in [0.717, 1.165) is 37.8 Å². The van der Waals surface area contributed by atoms with Crippen LogP contribution in [0, 0.1) is 0 Å². The highest BCUT2D eigenvalue weighted by Crippen LogP contribution is 2.20. The zero-order valence-electron chi connectivity index (χ0n) is 13.2. The minimum absolute atomic E-state index is 0.219. The molecule has 1 atom stereocenters. The third-order valence-corrected chi connectivity index (χ3v) is 4.14. The van der Waals surface area contributed by atoms with E-state index in [1.165, 1.54) is 5.56 Å². The fraction of sp³-hybridized carbons (Fsp3) is 0.412. The molecule has 1 N–H and O–H groups in total. The van der Waals surface area contributed by atoms with Gasteiger partial charge in [-0.2, -0.15) is 0 Å². The van der Waals surface area contributed by atoms with Gasteiger partial charge >= 0.3 is 0 Å². The first-order valence-electron chi connectivity index (χ1n) is 7.79. The highest BCUT2D eigenvalue weighted by Gasteiger charge is 2.16. The fourth-order valence-electron chi connectivity index (χ4n) is 2.68. The maximum Gasteiger partial charge on any atom is 0.134 e. The van der Waals surface area contributed by atoms with E-state index in [1.54, 1.807) is 6.33 Å². The van der Waals surface area contributed by atoms with Crippen molar-refractivity contribution in [1.29, 1.82) is 0 Å². The molecule has 1 aliphatic rings. The zero-order valence-corrected chi connectivity index (χ0v) is 13.2. The summed E-state index contributed by atoms with van der Waals surface area (Å²) in [4.78, 5) is 13.4. The van der Waals surface area contributed by atoms with Crippen molar-refractivity contribution < 1.29 is 0 Å². The normalized spacial score (nSPS) is 17.3. The van der Waals surface area contributed by atoms with Crippen LogP contribution in [0.2, 0.25) is 0 Å². The van der Waals surface area contributed by atoms with Crippen molar-refractivity contribution in [1.82, 2.24) is 14.9 Å². The van der Waals surface area contributed by atoms with Gasteiger partial charge in [-0.15, -0.1) is 0 Å². The van der Waals surface area contributed by atoms with Gasteiger partial charge in [-0.1, -0.05) is 30.3 Å². The summed E-state index contributed by atoms with van der Waals surface area (Å²) in [5.74, 6) is 1.88. The minimum Gasteiger partial charge on any atom is -0.363 e. The van der Waals surface area contributed by atoms with Crippen LogP contribution in [0.3, 0.4) is 0 Å². The zero-order chi connectivity index (χ0) is 15.4. The molecule has 1 aromatic carbocycles. The highest BCUT2D eigenvalue weighted by atomic mass is 15.3. The lowest BCUT2D eigenvalue weighted by Gasteiger charge is -2.33. The summed E-state index contributed by atoms with van der Waals surface area (Å²) < 4.78 is 0. The lowest BCUT2D eigenvalue weighted by atomic mass is 10.1. The molecule has 0 spiro atoms. The summed E-state index contributed by atoms with van der Waals surface area (Å²) >= 11 is 0. The van der Waals surface area contributed by atoms with E-state index in [2.05, 4.69) is 63.3 Å². The van der Waals surface area contributed by atoms with Gasteiger partial charge in [0, 0.05) is 38.3 Å². The van der Waals surface area contributed by atoms with E-state index in [1.807, 2.05) is 12.1 Å². The number of likely N-dealkylation sites (N-methyl/N-ethyl adjacent to an activating group) is 1. The van der Waals surface area contributed by atoms with Gasteiger partial charge in [0.05, 0.1) is 0 Å². The van der Waals surface area contributed by atoms with Crippen LogP contribution in [0.1, 0.15) is 18.5 Å². The Morgan fingerprint density at radius 3 is 2.50 bits per heavy atom. The number of benzene rings is 1. The number of aromatic nitrogens is 2. The van der Waals surface area contributed by atoms with Crippen LogP contribution in [0.5, 0.6) is 0 Å². The minimum atomic E-state index is 0.219. The smallest absolute Gasteiger partial charge is 0.134 e. The van der Waals surface area contributed by atoms with Crippen molar-refractivity contribution in [3.8, 4) is 0 Å². The number of anilines is 2. The van der Waals surface area contributed by atoms with E-state index >= 15 is 0 Å². The predicted octanol–water partition coefficient (Wildman–Crippen LogP) is 2.40. The molecule has 1 aliphatic heterocycles. The van der Waals surface area contributed by atoms with Crippen LogP contribution in [0.4, 0.5) is 11.6 Å². The third-order valence-electron chi connectivity index (χ3n) is 4.14. The molecule has 0 bridgehead atoms. The SMILES string of the molecule is CC(Nc1cc(N2CCN(C)CC2)ncn1)c1ccccc1. The molecule has 1 fully saturated rings. The fourth-order valence-corrected chi connectivity index (χ4v) is 2.68. The first-order chi connectivity index (χ1) is 10.7. The maximum absolute atomic E-state index is 4.42. The van der Waals surface area contributed by atoms with Gasteiger partial charge in [0.15, 0.2) is 0 Å². The molecule has 116 valence electrons. The average Bonchev–Trinajstić information content (AvgIpc) is 2.56. The second kappa shape index (κ2) is 6.75. The lowest BCUT2D eigenvalue weighted by molar-refractivity contribution is 0.312. The Hall–Kier alpha value is -2.14. The Morgan fingerprint density at radius 1 is 1.05 bits per heavy atom. The Kier molecular flexibility index (Phi) is 4.53. The number of nitrogens with one attached hydrogen (secondary N) is 1. The van der Waals surface area contributed by atoms with Crippen molar-refractivity contribution in [2.24, 2.45) is 0 Å². The summed E-state index contributed by atoms with van der Waals surface area (Å²) in [6, 6.07) is 12.7. The predicted molar refractivity (Wildman–Crippen MR) is 90.2 cm³/mol. The van der Waals surface area contributed by atoms with Gasteiger partial charge < -0.3 is 15.1 Å². The summed E-state index contributed by atoms with van der Waals surface area (Å²) in [6.45, 7) is 6.33. The average molecular weight is 297 g/mol. The molecule has 1 saturated heterocycles. The second-order valence-corrected chi connectivity index (χ2v) is 5.83. The number of nitrogens with zero attached hydrogens (tertiary/aromatic N) is 4. The molecule has 0 radical (unpaired) electrons. The molecule has 1 unspecified atom stereocenters. The van der Waals surface area contributed by atoms with Crippen molar-refractivity contribution in [2.75, 3.05) is 43.4 Å². The Balaban J connectivity index is 1.69. The number of hydrogen-bond acceptors (Lipinski definition) is 5. The van der Waals surface area contributed by atoms with Crippen molar-refractivity contribution in [3.63, 3.8) is 0 Å². The van der Waals surface area contributed by atoms with Crippen molar-refractivity contribution in [3.05, 3.63) is 48.3 Å². The van der Waals surface area contributed by atoms with Gasteiger partial charge in [0.25, 0.3) is 0 Å². The van der Waals surface area contributed by atoms with E-state index in [4.69, 9.17) is 0 Å². The standard InChI is InChI=1S/C17H23N5/c1-14(15-6-4-3-5-7-15)20-16-12-17(19-13-18-16)22-10-8-21(2)9-11-22/h3-7,12-14H,8-11H2,1-2H3,(H,18,19,20). The highest BCUT2D eigenvalue weighted by molar-refractivity contribution is 5.49. The van der Waals surface area contributed by atoms with E-state index < -0.39 is 0 Å². The quantitative estimate of drug-likeness (QED) is 0.939. The summed E-state index contributed by atoms with van der Waals surface area (Å²) in [5, 5.41) is 3.46. The molecule has 5 nitrogen and oxygen atoms in total. The molecule has 22 heavy (non-hydrogen) atoms. The van der Waals surface area contributed by atoms with Crippen LogP contribution < -0.4 is 10.2 Å². The number of rotatable bonds is 4. The summed E-state index contributed by atoms with van der Waals surface area (Å²) in [7, 11) is 2.16. The van der Waals surface area contributed by atoms with E-state index in [9.17, 15) is 0 Å². The van der Waals surface area contributed by atoms with Crippen LogP contribution in [0.25, 0.3) is 0 Å². The van der Waals surface area contributed by atoms with Crippen LogP contribution in [-0.4, -0.2) is 48.1 Å². The first-order valence-corrected chi connectivity index (χ1v) is 7.79. The first kappa shape index (κ1) is 14.8. The summed E-state index contributed by atoms with van der Waals surface area (Å²) in [5.41, 5.74) is 1.25. The molecular formula is C17H23N5. The number of piperazine rings is 1. The van der Waals surface area contributed by atoms with Gasteiger partial charge in [0.1, 0.15) is 18.0 Å². The van der Waals surface area contributed by atoms with Crippen LogP contribution in [-0.2, 0) is 0 Å². The molecular weight excluding hydrogens is 274 g/mol. The maximum atomic E-state index is 4.42. The molecule has 5 heteroatoms. The molecule has 3 rings (SSSR count). The summed E-state index contributed by atoms with van der Waals surface area (Å²) in [6.07, 6.45) is 1.65. The van der Waals surface area contributed by atoms with Gasteiger partial charge in [-0.05, 0) is 19.5 Å². The molecule has 0 amide bonds. The van der Waals surface area contributed by atoms with Gasteiger partial charge in [0.2, 0.25) is 0 Å². The molecule has 2 aromatic rings. The van der Waals surface area contributed by atoms with E-state index in [0.29, 0.717) is 0 Å². The number of hydrogen-bond donors (Lipinski definition) is 1. The molecule has 1 aromatic heterocycles. The van der Waals surface area contributed by atoms with E-state index in [-0.39, 0.29) is 6.04 Å². The monoisotopic (exact) mass is 297 g/mol. The van der Waals surface area contributed by atoms with Crippen LogP contribution in [0.15, 0.2) is 42.7 Å². The van der Waals surface area contributed by atoms with Crippen LogP contribution >= 0.6 is 0 Å². The lowest BCUT2D eigenvalue weighted by Crippen LogP contribution is -2.44. The van der Waals surface area contributed by atoms with Crippen molar-refractivity contribution in [2.45, 2.75) is 13.0 Å². The third kappa shape index (κ3) is 3.54. The molecule has 2 heterocycles. The molecule has 0 aliphatic carbocycles. The molecule has 0 saturated carbocycles. The van der Waals surface area contributed by atoms with Gasteiger partial charge in [-0.25, -0.2) is 9.97 Å².